The van der Waals surface area contributed by atoms with E-state index < -0.39 is 6.04 Å². The average molecular weight is 268 g/mol. The van der Waals surface area contributed by atoms with Gasteiger partial charge in [0.05, 0.1) is 18.7 Å². The molecular weight excluding hydrogens is 244 g/mol. The van der Waals surface area contributed by atoms with Gasteiger partial charge in [-0.15, -0.1) is 0 Å². The molecule has 1 aliphatic rings. The summed E-state index contributed by atoms with van der Waals surface area (Å²) in [6, 6.07) is -1.01. The Labute approximate surface area is 114 Å². The first-order chi connectivity index (χ1) is 8.81. The molecule has 0 aromatic rings. The van der Waals surface area contributed by atoms with Crippen molar-refractivity contribution in [2.24, 2.45) is 17.6 Å². The van der Waals surface area contributed by atoms with E-state index in [4.69, 9.17) is 10.5 Å². The molecule has 1 rings (SSSR count). The van der Waals surface area contributed by atoms with Gasteiger partial charge in [-0.2, -0.15) is 0 Å². The lowest BCUT2D eigenvalue weighted by atomic mass is 9.99. The van der Waals surface area contributed by atoms with Crippen molar-refractivity contribution < 1.29 is 14.3 Å². The fourth-order valence-corrected chi connectivity index (χ4v) is 2.15. The van der Waals surface area contributed by atoms with Crippen LogP contribution in [-0.2, 0) is 14.3 Å². The van der Waals surface area contributed by atoms with Gasteiger partial charge in [-0.05, 0) is 18.8 Å². The van der Waals surface area contributed by atoms with E-state index in [1.807, 2.05) is 34.6 Å². The van der Waals surface area contributed by atoms with E-state index in [1.54, 1.807) is 0 Å². The van der Waals surface area contributed by atoms with Crippen molar-refractivity contribution >= 4 is 11.8 Å². The Bertz CT molecular complexity index is 388. The topological polar surface area (TPSA) is 72.6 Å². The van der Waals surface area contributed by atoms with Crippen molar-refractivity contribution in [3.05, 3.63) is 11.8 Å². The number of rotatable bonds is 5. The quantitative estimate of drug-likeness (QED) is 0.815. The summed E-state index contributed by atoms with van der Waals surface area (Å²) in [7, 11) is 0. The Morgan fingerprint density at radius 3 is 2.42 bits per heavy atom. The molecule has 0 radical (unpaired) electrons. The zero-order valence-corrected chi connectivity index (χ0v) is 12.3. The molecule has 5 nitrogen and oxygen atoms in total. The van der Waals surface area contributed by atoms with Crippen molar-refractivity contribution in [3.8, 4) is 0 Å². The van der Waals surface area contributed by atoms with Crippen molar-refractivity contribution in [1.29, 1.82) is 0 Å². The molecule has 2 amide bonds. The number of nitrogens with zero attached hydrogens (tertiary/aromatic N) is 1. The van der Waals surface area contributed by atoms with Crippen LogP contribution in [0.5, 0.6) is 0 Å². The number of carbonyl (C=O) groups is 2. The SMILES string of the molecule is CCOC1=CC(=O)N(C(=O)[C@@H](N)C(C)C)[C@H]1C(C)C. The summed E-state index contributed by atoms with van der Waals surface area (Å²) < 4.78 is 5.47. The lowest BCUT2D eigenvalue weighted by Crippen LogP contribution is -2.52. The molecule has 0 aliphatic carbocycles. The van der Waals surface area contributed by atoms with E-state index in [2.05, 4.69) is 0 Å². The maximum atomic E-state index is 12.4. The zero-order chi connectivity index (χ0) is 14.7. The van der Waals surface area contributed by atoms with E-state index in [1.165, 1.54) is 11.0 Å². The second-order valence-corrected chi connectivity index (χ2v) is 5.48. The lowest BCUT2D eigenvalue weighted by Gasteiger charge is -2.30. The van der Waals surface area contributed by atoms with E-state index in [0.717, 1.165) is 0 Å². The van der Waals surface area contributed by atoms with Gasteiger partial charge >= 0.3 is 0 Å². The van der Waals surface area contributed by atoms with Crippen LogP contribution in [0.25, 0.3) is 0 Å². The van der Waals surface area contributed by atoms with Gasteiger partial charge in [0.15, 0.2) is 0 Å². The Balaban J connectivity index is 3.01. The summed E-state index contributed by atoms with van der Waals surface area (Å²) in [5, 5.41) is 0. The van der Waals surface area contributed by atoms with Gasteiger partial charge in [0, 0.05) is 6.08 Å². The number of imide groups is 1. The predicted octanol–water partition coefficient (Wildman–Crippen LogP) is 1.28. The third-order valence-corrected chi connectivity index (χ3v) is 3.26. The fraction of sp³-hybridized carbons (Fsp3) is 0.714. The minimum Gasteiger partial charge on any atom is -0.496 e. The molecule has 0 fully saturated rings. The standard InChI is InChI=1S/C14H24N2O3/c1-6-19-10-7-11(17)16(13(10)9(4)5)14(18)12(15)8(2)3/h7-9,12-13H,6,15H2,1-5H3/t12-,13-/m0/s1. The number of nitrogens with two attached hydrogens (primary N) is 1. The molecule has 0 aromatic carbocycles. The van der Waals surface area contributed by atoms with Gasteiger partial charge in [0.1, 0.15) is 5.76 Å². The molecule has 1 heterocycles. The second kappa shape index (κ2) is 6.19. The molecule has 108 valence electrons. The van der Waals surface area contributed by atoms with Gasteiger partial charge in [-0.3, -0.25) is 14.5 Å². The minimum atomic E-state index is -0.667. The number of amides is 2. The molecule has 0 spiro atoms. The van der Waals surface area contributed by atoms with Crippen molar-refractivity contribution in [2.45, 2.75) is 46.7 Å². The van der Waals surface area contributed by atoms with Crippen LogP contribution < -0.4 is 5.73 Å². The Kier molecular flexibility index (Phi) is 5.11. The highest BCUT2D eigenvalue weighted by molar-refractivity contribution is 6.05. The van der Waals surface area contributed by atoms with Crippen molar-refractivity contribution in [2.75, 3.05) is 6.61 Å². The summed E-state index contributed by atoms with van der Waals surface area (Å²) in [5.74, 6) is -0.0171. The summed E-state index contributed by atoms with van der Waals surface area (Å²) in [5.41, 5.74) is 5.88. The Hall–Kier alpha value is -1.36. The van der Waals surface area contributed by atoms with Crippen molar-refractivity contribution in [3.63, 3.8) is 0 Å². The van der Waals surface area contributed by atoms with Crippen LogP contribution in [0, 0.1) is 11.8 Å². The normalized spacial score (nSPS) is 21.1. The molecule has 1 aliphatic heterocycles. The first kappa shape index (κ1) is 15.7. The molecule has 19 heavy (non-hydrogen) atoms. The number of hydrogen-bond acceptors (Lipinski definition) is 4. The van der Waals surface area contributed by atoms with Gasteiger partial charge in [-0.25, -0.2) is 0 Å². The van der Waals surface area contributed by atoms with E-state index in [0.29, 0.717) is 12.4 Å². The van der Waals surface area contributed by atoms with Crippen molar-refractivity contribution in [1.82, 2.24) is 4.90 Å². The smallest absolute Gasteiger partial charge is 0.257 e. The number of hydrogen-bond donors (Lipinski definition) is 1. The lowest BCUT2D eigenvalue weighted by molar-refractivity contribution is -0.145. The molecule has 0 unspecified atom stereocenters. The van der Waals surface area contributed by atoms with Crippen LogP contribution in [0.15, 0.2) is 11.8 Å². The fourth-order valence-electron chi connectivity index (χ4n) is 2.15. The Morgan fingerprint density at radius 1 is 1.42 bits per heavy atom. The van der Waals surface area contributed by atoms with E-state index in [9.17, 15) is 9.59 Å². The monoisotopic (exact) mass is 268 g/mol. The highest BCUT2D eigenvalue weighted by atomic mass is 16.5. The molecule has 0 bridgehead atoms. The van der Waals surface area contributed by atoms with E-state index in [-0.39, 0.29) is 29.7 Å². The second-order valence-electron chi connectivity index (χ2n) is 5.48. The van der Waals surface area contributed by atoms with Crippen LogP contribution >= 0.6 is 0 Å². The summed E-state index contributed by atoms with van der Waals surface area (Å²) in [6.45, 7) is 9.97. The minimum absolute atomic E-state index is 0.00995. The third-order valence-electron chi connectivity index (χ3n) is 3.26. The summed E-state index contributed by atoms with van der Waals surface area (Å²) in [4.78, 5) is 25.6. The molecule has 5 heteroatoms. The first-order valence-electron chi connectivity index (χ1n) is 6.78. The Morgan fingerprint density at radius 2 is 2.00 bits per heavy atom. The molecule has 0 saturated heterocycles. The predicted molar refractivity (Wildman–Crippen MR) is 73.0 cm³/mol. The van der Waals surface area contributed by atoms with Gasteiger partial charge < -0.3 is 10.5 Å². The summed E-state index contributed by atoms with van der Waals surface area (Å²) in [6.07, 6.45) is 1.40. The van der Waals surface area contributed by atoms with Crippen LogP contribution in [-0.4, -0.2) is 35.4 Å². The number of carbonyl (C=O) groups excluding carboxylic acids is 2. The molecule has 0 aromatic heterocycles. The molecule has 0 saturated carbocycles. The largest absolute Gasteiger partial charge is 0.496 e. The maximum Gasteiger partial charge on any atom is 0.257 e. The molecule has 2 atom stereocenters. The van der Waals surface area contributed by atoms with Crippen LogP contribution in [0.2, 0.25) is 0 Å². The molecule has 2 N–H and O–H groups in total. The zero-order valence-electron chi connectivity index (χ0n) is 12.3. The number of ether oxygens (including phenoxy) is 1. The van der Waals surface area contributed by atoms with Crippen LogP contribution in [0.1, 0.15) is 34.6 Å². The van der Waals surface area contributed by atoms with Gasteiger partial charge in [0.25, 0.3) is 5.91 Å². The maximum absolute atomic E-state index is 12.4. The van der Waals surface area contributed by atoms with Crippen LogP contribution in [0.3, 0.4) is 0 Å². The van der Waals surface area contributed by atoms with Gasteiger partial charge in [-0.1, -0.05) is 27.7 Å². The average Bonchev–Trinajstić information content (AvgIpc) is 2.64. The first-order valence-corrected chi connectivity index (χ1v) is 6.78. The highest BCUT2D eigenvalue weighted by Crippen LogP contribution is 2.28. The van der Waals surface area contributed by atoms with Gasteiger partial charge in [0.2, 0.25) is 5.91 Å². The van der Waals surface area contributed by atoms with E-state index >= 15 is 0 Å². The third kappa shape index (κ3) is 3.15. The van der Waals surface area contributed by atoms with Crippen LogP contribution in [0.4, 0.5) is 0 Å². The molecular formula is C14H24N2O3. The summed E-state index contributed by atoms with van der Waals surface area (Å²) >= 11 is 0. The highest BCUT2D eigenvalue weighted by Gasteiger charge is 2.42.